The van der Waals surface area contributed by atoms with Crippen LogP contribution in [0.15, 0.2) is 29.9 Å². The van der Waals surface area contributed by atoms with Crippen LogP contribution in [0.25, 0.3) is 0 Å². The van der Waals surface area contributed by atoms with E-state index in [4.69, 9.17) is 0 Å². The van der Waals surface area contributed by atoms with Crippen LogP contribution in [0.3, 0.4) is 0 Å². The summed E-state index contributed by atoms with van der Waals surface area (Å²) in [6, 6.07) is 0. The van der Waals surface area contributed by atoms with Gasteiger partial charge in [-0.25, -0.2) is 3.11 Å². The van der Waals surface area contributed by atoms with Gasteiger partial charge in [0.2, 0.25) is 0 Å². The largest absolute Gasteiger partial charge is 0.303 e. The van der Waals surface area contributed by atoms with E-state index in [2.05, 4.69) is 75.3 Å². The molecule has 1 aliphatic rings. The number of allylic oxidation sites excluding steroid dienone is 2. The Balaban J connectivity index is 2.72. The highest BCUT2D eigenvalue weighted by Gasteiger charge is 2.35. The Hall–Kier alpha value is -0.240. The normalized spacial score (nSPS) is 22.4. The molecule has 0 unspecified atom stereocenters. The minimum atomic E-state index is 0.138. The second-order valence-corrected chi connectivity index (χ2v) is 7.10. The molecule has 5 heteroatoms. The van der Waals surface area contributed by atoms with E-state index in [1.54, 1.807) is 12.3 Å². The molecule has 1 aliphatic heterocycles. The molecule has 0 atom stereocenters. The van der Waals surface area contributed by atoms with Crippen LogP contribution in [0.1, 0.15) is 13.8 Å². The van der Waals surface area contributed by atoms with Crippen molar-refractivity contribution in [3.8, 4) is 0 Å². The van der Waals surface area contributed by atoms with Crippen molar-refractivity contribution in [3.63, 3.8) is 0 Å². The summed E-state index contributed by atoms with van der Waals surface area (Å²) in [6.07, 6.45) is 5.41. The van der Waals surface area contributed by atoms with Gasteiger partial charge in [0.1, 0.15) is 0 Å². The fourth-order valence-electron chi connectivity index (χ4n) is 2.53. The summed E-state index contributed by atoms with van der Waals surface area (Å²) < 4.78 is 2.39. The number of halogens is 1. The van der Waals surface area contributed by atoms with Gasteiger partial charge in [0.25, 0.3) is 0 Å². The van der Waals surface area contributed by atoms with E-state index < -0.39 is 0 Å². The Bertz CT molecular complexity index is 366. The molecule has 0 bridgehead atoms. The highest BCUT2D eigenvalue weighted by molar-refractivity contribution is 14.1. The van der Waals surface area contributed by atoms with Crippen molar-refractivity contribution in [1.82, 2.24) is 12.9 Å². The molecule has 0 radical (unpaired) electrons. The first-order valence-corrected chi connectivity index (χ1v) is 7.95. The lowest BCUT2D eigenvalue weighted by Gasteiger charge is -2.39. The molecule has 0 aromatic heterocycles. The maximum atomic E-state index is 4.43. The SMILES string of the molecule is C=C/C=C\N=C(/C)CN(I)C1(C)CN(C)CCN(C)C1. The van der Waals surface area contributed by atoms with Crippen LogP contribution in [-0.4, -0.2) is 71.0 Å². The third-order valence-corrected chi connectivity index (χ3v) is 5.06. The molecular weight excluding hydrogens is 363 g/mol. The van der Waals surface area contributed by atoms with E-state index >= 15 is 0 Å². The van der Waals surface area contributed by atoms with Gasteiger partial charge in [0.05, 0.1) is 5.54 Å². The highest BCUT2D eigenvalue weighted by atomic mass is 127. The zero-order valence-corrected chi connectivity index (χ0v) is 15.3. The average molecular weight is 390 g/mol. The summed E-state index contributed by atoms with van der Waals surface area (Å²) in [7, 11) is 4.41. The fourth-order valence-corrected chi connectivity index (χ4v) is 3.33. The number of likely N-dealkylation sites (N-methyl/N-ethyl adjacent to an activating group) is 2. The zero-order chi connectivity index (χ0) is 15.2. The van der Waals surface area contributed by atoms with Gasteiger partial charge >= 0.3 is 0 Å². The Morgan fingerprint density at radius 3 is 2.40 bits per heavy atom. The van der Waals surface area contributed by atoms with Gasteiger partial charge in [-0.15, -0.1) is 0 Å². The van der Waals surface area contributed by atoms with Gasteiger partial charge in [-0.05, 0) is 34.0 Å². The van der Waals surface area contributed by atoms with Crippen LogP contribution in [0, 0.1) is 0 Å². The van der Waals surface area contributed by atoms with Crippen molar-refractivity contribution in [1.29, 1.82) is 0 Å². The molecule has 1 heterocycles. The van der Waals surface area contributed by atoms with Crippen LogP contribution >= 0.6 is 22.9 Å². The number of hydrogen-bond acceptors (Lipinski definition) is 4. The lowest BCUT2D eigenvalue weighted by Crippen LogP contribution is -2.53. The van der Waals surface area contributed by atoms with Gasteiger partial charge < -0.3 is 9.80 Å². The molecule has 0 aromatic carbocycles. The Kier molecular flexibility index (Phi) is 7.36. The predicted molar refractivity (Wildman–Crippen MR) is 96.6 cm³/mol. The first-order chi connectivity index (χ1) is 9.37. The zero-order valence-electron chi connectivity index (χ0n) is 13.1. The average Bonchev–Trinajstić information content (AvgIpc) is 2.49. The van der Waals surface area contributed by atoms with Crippen molar-refractivity contribution in [2.75, 3.05) is 46.8 Å². The smallest absolute Gasteiger partial charge is 0.0534 e. The van der Waals surface area contributed by atoms with Crippen LogP contribution in [-0.2, 0) is 0 Å². The molecule has 20 heavy (non-hydrogen) atoms. The molecule has 0 aliphatic carbocycles. The van der Waals surface area contributed by atoms with E-state index in [9.17, 15) is 0 Å². The summed E-state index contributed by atoms with van der Waals surface area (Å²) >= 11 is 2.45. The Labute approximate surface area is 137 Å². The summed E-state index contributed by atoms with van der Waals surface area (Å²) in [5, 5.41) is 0. The quantitative estimate of drug-likeness (QED) is 0.312. The summed E-state index contributed by atoms with van der Waals surface area (Å²) in [5.74, 6) is 0. The molecule has 0 aromatic rings. The van der Waals surface area contributed by atoms with Crippen molar-refractivity contribution in [3.05, 3.63) is 24.9 Å². The van der Waals surface area contributed by atoms with Gasteiger partial charge in [0, 0.05) is 67.5 Å². The second kappa shape index (κ2) is 8.26. The standard InChI is InChI=1S/C15H27IN4/c1-6-7-8-17-14(2)11-20(16)15(3)12-18(4)9-10-19(5)13-15/h6-8H,1,9-13H2,2-5H3/b8-7-,17-14+. The van der Waals surface area contributed by atoms with Crippen LogP contribution in [0.2, 0.25) is 0 Å². The lowest BCUT2D eigenvalue weighted by atomic mass is 10.0. The number of hydrogen-bond donors (Lipinski definition) is 0. The van der Waals surface area contributed by atoms with E-state index in [1.165, 1.54) is 0 Å². The number of rotatable bonds is 5. The topological polar surface area (TPSA) is 22.1 Å². The first-order valence-electron chi connectivity index (χ1n) is 6.99. The van der Waals surface area contributed by atoms with Crippen molar-refractivity contribution < 1.29 is 0 Å². The van der Waals surface area contributed by atoms with Crippen molar-refractivity contribution >= 4 is 28.6 Å². The van der Waals surface area contributed by atoms with Crippen molar-refractivity contribution in [2.24, 2.45) is 4.99 Å². The number of nitrogens with zero attached hydrogens (tertiary/aromatic N) is 4. The van der Waals surface area contributed by atoms with E-state index in [0.29, 0.717) is 0 Å². The first kappa shape index (κ1) is 17.8. The lowest BCUT2D eigenvalue weighted by molar-refractivity contribution is 0.176. The maximum absolute atomic E-state index is 4.43. The minimum absolute atomic E-state index is 0.138. The second-order valence-electron chi connectivity index (χ2n) is 5.93. The van der Waals surface area contributed by atoms with Crippen LogP contribution in [0.4, 0.5) is 0 Å². The van der Waals surface area contributed by atoms with E-state index in [0.717, 1.165) is 38.4 Å². The molecule has 0 saturated carbocycles. The third-order valence-electron chi connectivity index (χ3n) is 3.56. The summed E-state index contributed by atoms with van der Waals surface area (Å²) in [6.45, 7) is 13.4. The molecule has 1 saturated heterocycles. The molecule has 1 fully saturated rings. The Morgan fingerprint density at radius 2 is 1.90 bits per heavy atom. The maximum Gasteiger partial charge on any atom is 0.0534 e. The van der Waals surface area contributed by atoms with E-state index in [-0.39, 0.29) is 5.54 Å². The highest BCUT2D eigenvalue weighted by Crippen LogP contribution is 2.24. The van der Waals surface area contributed by atoms with Gasteiger partial charge in [-0.1, -0.05) is 12.7 Å². The minimum Gasteiger partial charge on any atom is -0.303 e. The van der Waals surface area contributed by atoms with Gasteiger partial charge in [0.15, 0.2) is 0 Å². The molecule has 0 N–H and O–H groups in total. The molecule has 114 valence electrons. The van der Waals surface area contributed by atoms with Crippen LogP contribution < -0.4 is 0 Å². The number of aliphatic imine (C=N–C) groups is 1. The molecule has 4 nitrogen and oxygen atoms in total. The summed E-state index contributed by atoms with van der Waals surface area (Å²) in [4.78, 5) is 9.26. The van der Waals surface area contributed by atoms with Crippen LogP contribution in [0.5, 0.6) is 0 Å². The molecular formula is C15H27IN4. The molecule has 1 rings (SSSR count). The fraction of sp³-hybridized carbons (Fsp3) is 0.667. The Morgan fingerprint density at radius 1 is 1.35 bits per heavy atom. The van der Waals surface area contributed by atoms with Gasteiger partial charge in [-0.3, -0.25) is 4.99 Å². The molecule has 0 spiro atoms. The van der Waals surface area contributed by atoms with Gasteiger partial charge in [-0.2, -0.15) is 0 Å². The monoisotopic (exact) mass is 390 g/mol. The van der Waals surface area contributed by atoms with E-state index in [1.807, 2.05) is 6.08 Å². The predicted octanol–water partition coefficient (Wildman–Crippen LogP) is 2.43. The third kappa shape index (κ3) is 5.63. The molecule has 0 amide bonds. The summed E-state index contributed by atoms with van der Waals surface area (Å²) in [5.41, 5.74) is 1.26. The van der Waals surface area contributed by atoms with Crippen molar-refractivity contribution in [2.45, 2.75) is 19.4 Å².